The van der Waals surface area contributed by atoms with Gasteiger partial charge in [-0.1, -0.05) is 64.5 Å². The second kappa shape index (κ2) is 5.22. The van der Waals surface area contributed by atoms with Crippen LogP contribution in [0.25, 0.3) is 43.7 Å². The first-order valence-electron chi connectivity index (χ1n) is 7.99. The molecule has 0 unspecified atom stereocenters. The van der Waals surface area contributed by atoms with Gasteiger partial charge in [0.2, 0.25) is 0 Å². The fraction of sp³-hybridized carbons (Fsp3) is 0. The first-order chi connectivity index (χ1) is 11.8. The fourth-order valence-corrected chi connectivity index (χ4v) is 3.92. The minimum absolute atomic E-state index is 1.10. The Morgan fingerprint density at radius 3 is 2.38 bits per heavy atom. The SMILES string of the molecule is Brc1cccc(-c2ccc3[nH]c4ccc5ccccc5c4c3c2)c1. The lowest BCUT2D eigenvalue weighted by Gasteiger charge is -2.04. The monoisotopic (exact) mass is 371 g/mol. The molecule has 4 aromatic carbocycles. The molecule has 0 fully saturated rings. The maximum Gasteiger partial charge on any atom is 0.0471 e. The summed E-state index contributed by atoms with van der Waals surface area (Å²) in [6.07, 6.45) is 0. The summed E-state index contributed by atoms with van der Waals surface area (Å²) in [6.45, 7) is 0. The molecule has 0 aliphatic carbocycles. The van der Waals surface area contributed by atoms with Gasteiger partial charge in [-0.2, -0.15) is 0 Å². The highest BCUT2D eigenvalue weighted by atomic mass is 79.9. The second-order valence-electron chi connectivity index (χ2n) is 6.10. The van der Waals surface area contributed by atoms with Gasteiger partial charge >= 0.3 is 0 Å². The zero-order valence-corrected chi connectivity index (χ0v) is 14.5. The molecule has 0 spiro atoms. The van der Waals surface area contributed by atoms with E-state index in [9.17, 15) is 0 Å². The molecule has 0 atom stereocenters. The smallest absolute Gasteiger partial charge is 0.0471 e. The molecule has 0 amide bonds. The van der Waals surface area contributed by atoms with Gasteiger partial charge in [-0.25, -0.2) is 0 Å². The van der Waals surface area contributed by atoms with Crippen molar-refractivity contribution in [2.75, 3.05) is 0 Å². The lowest BCUT2D eigenvalue weighted by atomic mass is 10.0. The van der Waals surface area contributed by atoms with Crippen molar-refractivity contribution in [2.24, 2.45) is 0 Å². The summed E-state index contributed by atoms with van der Waals surface area (Å²) in [5.74, 6) is 0. The lowest BCUT2D eigenvalue weighted by Crippen LogP contribution is -1.78. The summed E-state index contributed by atoms with van der Waals surface area (Å²) in [4.78, 5) is 3.55. The number of nitrogens with one attached hydrogen (secondary N) is 1. The summed E-state index contributed by atoms with van der Waals surface area (Å²) in [6, 6.07) is 28.0. The van der Waals surface area contributed by atoms with Gasteiger partial charge in [0, 0.05) is 26.3 Å². The number of fused-ring (bicyclic) bond motifs is 5. The Morgan fingerprint density at radius 1 is 0.625 bits per heavy atom. The minimum atomic E-state index is 1.10. The Morgan fingerprint density at radius 2 is 1.46 bits per heavy atom. The van der Waals surface area contributed by atoms with Gasteiger partial charge in [0.25, 0.3) is 0 Å². The number of rotatable bonds is 1. The van der Waals surface area contributed by atoms with Crippen molar-refractivity contribution in [3.05, 3.63) is 83.3 Å². The number of hydrogen-bond donors (Lipinski definition) is 1. The van der Waals surface area contributed by atoms with Crippen LogP contribution in [0.15, 0.2) is 83.3 Å². The Kier molecular flexibility index (Phi) is 3.00. The zero-order chi connectivity index (χ0) is 16.1. The highest BCUT2D eigenvalue weighted by Crippen LogP contribution is 2.35. The van der Waals surface area contributed by atoms with Crippen LogP contribution in [0.2, 0.25) is 0 Å². The molecule has 0 radical (unpaired) electrons. The van der Waals surface area contributed by atoms with Crippen LogP contribution in [0.4, 0.5) is 0 Å². The molecule has 0 saturated carbocycles. The van der Waals surface area contributed by atoms with E-state index < -0.39 is 0 Å². The Labute approximate surface area is 148 Å². The molecule has 0 aliphatic heterocycles. The van der Waals surface area contributed by atoms with E-state index in [1.54, 1.807) is 0 Å². The molecule has 24 heavy (non-hydrogen) atoms. The number of hydrogen-bond acceptors (Lipinski definition) is 0. The van der Waals surface area contributed by atoms with Crippen LogP contribution in [-0.4, -0.2) is 4.98 Å². The van der Waals surface area contributed by atoms with Crippen molar-refractivity contribution >= 4 is 48.5 Å². The average Bonchev–Trinajstić information content (AvgIpc) is 3.00. The van der Waals surface area contributed by atoms with Crippen molar-refractivity contribution in [3.63, 3.8) is 0 Å². The third-order valence-corrected chi connectivity index (χ3v) is 5.14. The van der Waals surface area contributed by atoms with Crippen LogP contribution in [0.3, 0.4) is 0 Å². The van der Waals surface area contributed by atoms with Gasteiger partial charge in [-0.3, -0.25) is 0 Å². The molecule has 0 saturated heterocycles. The Balaban J connectivity index is 1.88. The van der Waals surface area contributed by atoms with Crippen LogP contribution >= 0.6 is 15.9 Å². The van der Waals surface area contributed by atoms with Gasteiger partial charge < -0.3 is 4.98 Å². The summed E-state index contributed by atoms with van der Waals surface area (Å²) in [5, 5.41) is 5.16. The highest BCUT2D eigenvalue weighted by molar-refractivity contribution is 9.10. The van der Waals surface area contributed by atoms with E-state index in [-0.39, 0.29) is 0 Å². The van der Waals surface area contributed by atoms with E-state index in [2.05, 4.69) is 99.8 Å². The minimum Gasteiger partial charge on any atom is -0.354 e. The van der Waals surface area contributed by atoms with Crippen LogP contribution in [-0.2, 0) is 0 Å². The normalized spacial score (nSPS) is 11.5. The molecule has 1 N–H and O–H groups in total. The third-order valence-electron chi connectivity index (χ3n) is 4.65. The Hall–Kier alpha value is -2.58. The van der Waals surface area contributed by atoms with Gasteiger partial charge in [-0.15, -0.1) is 0 Å². The number of aromatic nitrogens is 1. The topological polar surface area (TPSA) is 15.8 Å². The quantitative estimate of drug-likeness (QED) is 0.329. The molecule has 5 aromatic rings. The van der Waals surface area contributed by atoms with E-state index >= 15 is 0 Å². The second-order valence-corrected chi connectivity index (χ2v) is 7.02. The molecule has 0 aliphatic rings. The molecule has 0 bridgehead atoms. The first kappa shape index (κ1) is 13.8. The largest absolute Gasteiger partial charge is 0.354 e. The van der Waals surface area contributed by atoms with E-state index in [1.807, 2.05) is 0 Å². The molecule has 1 aromatic heterocycles. The summed E-state index contributed by atoms with van der Waals surface area (Å²) in [7, 11) is 0. The van der Waals surface area contributed by atoms with E-state index in [1.165, 1.54) is 43.7 Å². The third kappa shape index (κ3) is 2.07. The summed E-state index contributed by atoms with van der Waals surface area (Å²) >= 11 is 3.57. The molecule has 2 heteroatoms. The molecule has 114 valence electrons. The molecule has 1 heterocycles. The molecule has 5 rings (SSSR count). The summed E-state index contributed by atoms with van der Waals surface area (Å²) in [5.41, 5.74) is 4.83. The van der Waals surface area contributed by atoms with Gasteiger partial charge in [0.1, 0.15) is 0 Å². The van der Waals surface area contributed by atoms with Crippen LogP contribution in [0.5, 0.6) is 0 Å². The number of aromatic amines is 1. The van der Waals surface area contributed by atoms with E-state index in [0.29, 0.717) is 0 Å². The van der Waals surface area contributed by atoms with Crippen LogP contribution in [0.1, 0.15) is 0 Å². The Bertz CT molecular complexity index is 1220. The maximum absolute atomic E-state index is 3.57. The summed E-state index contributed by atoms with van der Waals surface area (Å²) < 4.78 is 1.10. The molecular formula is C22H14BrN. The van der Waals surface area contributed by atoms with Crippen molar-refractivity contribution < 1.29 is 0 Å². The fourth-order valence-electron chi connectivity index (χ4n) is 3.52. The van der Waals surface area contributed by atoms with E-state index in [0.717, 1.165) is 4.47 Å². The van der Waals surface area contributed by atoms with Gasteiger partial charge in [0.05, 0.1) is 0 Å². The van der Waals surface area contributed by atoms with Crippen LogP contribution < -0.4 is 0 Å². The predicted molar refractivity (Wildman–Crippen MR) is 106 cm³/mol. The zero-order valence-electron chi connectivity index (χ0n) is 12.9. The number of benzene rings is 4. The van der Waals surface area contributed by atoms with Crippen LogP contribution in [0, 0.1) is 0 Å². The standard InChI is InChI=1S/C22H14BrN/c23-17-6-3-5-15(12-17)16-9-10-20-19(13-16)22-18-7-2-1-4-14(18)8-11-21(22)24-20/h1-13,24H. The molecular weight excluding hydrogens is 358 g/mol. The lowest BCUT2D eigenvalue weighted by molar-refractivity contribution is 1.54. The van der Waals surface area contributed by atoms with Gasteiger partial charge in [0.15, 0.2) is 0 Å². The van der Waals surface area contributed by atoms with Gasteiger partial charge in [-0.05, 0) is 52.2 Å². The predicted octanol–water partition coefficient (Wildman–Crippen LogP) is 6.90. The van der Waals surface area contributed by atoms with Crippen molar-refractivity contribution in [1.82, 2.24) is 4.98 Å². The first-order valence-corrected chi connectivity index (χ1v) is 8.78. The van der Waals surface area contributed by atoms with Crippen molar-refractivity contribution in [2.45, 2.75) is 0 Å². The number of H-pyrrole nitrogens is 1. The van der Waals surface area contributed by atoms with Crippen molar-refractivity contribution in [3.8, 4) is 11.1 Å². The average molecular weight is 372 g/mol. The number of halogens is 1. The maximum atomic E-state index is 3.57. The molecule has 1 nitrogen and oxygen atoms in total. The van der Waals surface area contributed by atoms with Crippen molar-refractivity contribution in [1.29, 1.82) is 0 Å². The highest BCUT2D eigenvalue weighted by Gasteiger charge is 2.09. The van der Waals surface area contributed by atoms with E-state index in [4.69, 9.17) is 0 Å².